The predicted molar refractivity (Wildman–Crippen MR) is 115 cm³/mol. The van der Waals surface area contributed by atoms with Gasteiger partial charge in [-0.3, -0.25) is 19.7 Å². The average molecular weight is 419 g/mol. The van der Waals surface area contributed by atoms with Gasteiger partial charge in [-0.25, -0.2) is 4.39 Å². The number of aryl methyl sites for hydroxylation is 1. The topological polar surface area (TPSA) is 101 Å². The van der Waals surface area contributed by atoms with Gasteiger partial charge in [0.1, 0.15) is 11.5 Å². The molecule has 0 aliphatic heterocycles. The highest BCUT2D eigenvalue weighted by molar-refractivity contribution is 6.10. The normalized spacial score (nSPS) is 11.0. The molecule has 2 N–H and O–H groups in total. The van der Waals surface area contributed by atoms with Gasteiger partial charge in [0.2, 0.25) is 0 Å². The van der Waals surface area contributed by atoms with Crippen LogP contribution in [0.15, 0.2) is 78.5 Å². The van der Waals surface area contributed by atoms with Gasteiger partial charge < -0.3 is 10.6 Å². The molecule has 0 radical (unpaired) electrons. The lowest BCUT2D eigenvalue weighted by Gasteiger charge is -2.12. The maximum Gasteiger partial charge on any atom is 0.272 e. The molecule has 3 aromatic rings. The molecule has 3 rings (SSSR count). The molecule has 0 heterocycles. The summed E-state index contributed by atoms with van der Waals surface area (Å²) in [6, 6.07) is 17.6. The van der Waals surface area contributed by atoms with Crippen molar-refractivity contribution >= 4 is 29.3 Å². The molecule has 0 saturated carbocycles. The molecule has 3 aromatic carbocycles. The van der Waals surface area contributed by atoms with Crippen LogP contribution < -0.4 is 10.6 Å². The van der Waals surface area contributed by atoms with Crippen molar-refractivity contribution in [3.05, 3.63) is 111 Å². The number of nitrogens with one attached hydrogen (secondary N) is 2. The molecule has 0 aliphatic rings. The van der Waals surface area contributed by atoms with Crippen LogP contribution >= 0.6 is 0 Å². The Morgan fingerprint density at radius 1 is 1.00 bits per heavy atom. The van der Waals surface area contributed by atoms with Crippen molar-refractivity contribution in [2.45, 2.75) is 6.92 Å². The number of nitro benzene ring substituents is 1. The molecule has 0 unspecified atom stereocenters. The molecule has 0 aliphatic carbocycles. The van der Waals surface area contributed by atoms with Gasteiger partial charge in [0.15, 0.2) is 0 Å². The quantitative estimate of drug-likeness (QED) is 0.350. The summed E-state index contributed by atoms with van der Waals surface area (Å²) in [4.78, 5) is 35.8. The number of anilines is 1. The molecule has 0 saturated heterocycles. The number of amides is 2. The fraction of sp³-hybridized carbons (Fsp3) is 0.0435. The van der Waals surface area contributed by atoms with E-state index in [1.807, 2.05) is 13.0 Å². The number of halogens is 1. The summed E-state index contributed by atoms with van der Waals surface area (Å²) in [5, 5.41) is 15.9. The Bertz CT molecular complexity index is 1170. The lowest BCUT2D eigenvalue weighted by atomic mass is 10.1. The molecule has 0 bridgehead atoms. The van der Waals surface area contributed by atoms with Gasteiger partial charge >= 0.3 is 0 Å². The first kappa shape index (κ1) is 21.4. The van der Waals surface area contributed by atoms with Crippen molar-refractivity contribution in [1.82, 2.24) is 5.32 Å². The number of hydrogen-bond acceptors (Lipinski definition) is 4. The molecular weight excluding hydrogens is 401 g/mol. The number of rotatable bonds is 6. The Morgan fingerprint density at radius 3 is 2.35 bits per heavy atom. The van der Waals surface area contributed by atoms with Crippen molar-refractivity contribution in [3.8, 4) is 0 Å². The van der Waals surface area contributed by atoms with Gasteiger partial charge in [-0.1, -0.05) is 23.8 Å². The fourth-order valence-electron chi connectivity index (χ4n) is 2.76. The maximum atomic E-state index is 13.4. The smallest absolute Gasteiger partial charge is 0.272 e. The fourth-order valence-corrected chi connectivity index (χ4v) is 2.76. The minimum Gasteiger partial charge on any atom is -0.321 e. The highest BCUT2D eigenvalue weighted by Crippen LogP contribution is 2.16. The number of nitro groups is 1. The van der Waals surface area contributed by atoms with E-state index in [1.54, 1.807) is 18.2 Å². The second-order valence-corrected chi connectivity index (χ2v) is 6.69. The van der Waals surface area contributed by atoms with E-state index in [1.165, 1.54) is 48.5 Å². The van der Waals surface area contributed by atoms with E-state index in [0.717, 1.165) is 11.6 Å². The lowest BCUT2D eigenvalue weighted by molar-refractivity contribution is -0.384. The minimum atomic E-state index is -0.676. The Morgan fingerprint density at radius 2 is 1.71 bits per heavy atom. The van der Waals surface area contributed by atoms with E-state index in [2.05, 4.69) is 10.6 Å². The zero-order valence-corrected chi connectivity index (χ0v) is 16.5. The highest BCUT2D eigenvalue weighted by Gasteiger charge is 2.16. The molecule has 156 valence electrons. The molecule has 2 amide bonds. The van der Waals surface area contributed by atoms with Gasteiger partial charge in [-0.05, 0) is 61.0 Å². The van der Waals surface area contributed by atoms with Crippen molar-refractivity contribution in [2.24, 2.45) is 0 Å². The summed E-state index contributed by atoms with van der Waals surface area (Å²) >= 11 is 0. The van der Waals surface area contributed by atoms with E-state index >= 15 is 0 Å². The van der Waals surface area contributed by atoms with E-state index in [0.29, 0.717) is 11.1 Å². The van der Waals surface area contributed by atoms with Gasteiger partial charge in [0.25, 0.3) is 17.5 Å². The minimum absolute atomic E-state index is 0.105. The molecule has 8 heteroatoms. The number of hydrogen-bond donors (Lipinski definition) is 2. The highest BCUT2D eigenvalue weighted by atomic mass is 19.1. The second kappa shape index (κ2) is 9.45. The van der Waals surface area contributed by atoms with E-state index in [9.17, 15) is 24.1 Å². The molecule has 0 aromatic heterocycles. The van der Waals surface area contributed by atoms with Crippen molar-refractivity contribution in [3.63, 3.8) is 0 Å². The van der Waals surface area contributed by atoms with Crippen LogP contribution in [0.25, 0.3) is 6.08 Å². The Balaban J connectivity index is 1.91. The van der Waals surface area contributed by atoms with Gasteiger partial charge in [0, 0.05) is 23.4 Å². The zero-order valence-electron chi connectivity index (χ0n) is 16.5. The molecule has 0 spiro atoms. The van der Waals surface area contributed by atoms with Crippen molar-refractivity contribution in [1.29, 1.82) is 0 Å². The standard InChI is InChI=1S/C23H18FN3O4/c1-15-4-2-5-17(12-15)22(28)26-21(13-16-8-10-20(11-9-16)27(30)31)23(29)25-19-7-3-6-18(24)14-19/h2-14H,1H3,(H,25,29)(H,26,28)/b21-13-. The zero-order chi connectivity index (χ0) is 22.4. The molecule has 31 heavy (non-hydrogen) atoms. The predicted octanol–water partition coefficient (Wildman–Crippen LogP) is 4.45. The molecular formula is C23H18FN3O4. The molecule has 7 nitrogen and oxygen atoms in total. The summed E-state index contributed by atoms with van der Waals surface area (Å²) in [5.41, 5.74) is 1.69. The third-order valence-electron chi connectivity index (χ3n) is 4.27. The average Bonchev–Trinajstić information content (AvgIpc) is 2.73. The first-order valence-electron chi connectivity index (χ1n) is 9.23. The first-order chi connectivity index (χ1) is 14.8. The summed E-state index contributed by atoms with van der Waals surface area (Å²) in [7, 11) is 0. The largest absolute Gasteiger partial charge is 0.321 e. The monoisotopic (exact) mass is 419 g/mol. The van der Waals surface area contributed by atoms with Crippen LogP contribution in [-0.2, 0) is 4.79 Å². The maximum absolute atomic E-state index is 13.4. The van der Waals surface area contributed by atoms with E-state index in [-0.39, 0.29) is 17.1 Å². The van der Waals surface area contributed by atoms with Crippen LogP contribution in [0, 0.1) is 22.9 Å². The van der Waals surface area contributed by atoms with Gasteiger partial charge in [-0.15, -0.1) is 0 Å². The number of non-ortho nitro benzene ring substituents is 1. The van der Waals surface area contributed by atoms with Crippen LogP contribution in [0.5, 0.6) is 0 Å². The summed E-state index contributed by atoms with van der Waals surface area (Å²) in [5.74, 6) is -1.71. The van der Waals surface area contributed by atoms with Crippen LogP contribution in [-0.4, -0.2) is 16.7 Å². The number of carbonyl (C=O) groups excluding carboxylic acids is 2. The Kier molecular flexibility index (Phi) is 6.51. The van der Waals surface area contributed by atoms with E-state index < -0.39 is 22.6 Å². The van der Waals surface area contributed by atoms with Crippen LogP contribution in [0.2, 0.25) is 0 Å². The van der Waals surface area contributed by atoms with E-state index in [4.69, 9.17) is 0 Å². The summed E-state index contributed by atoms with van der Waals surface area (Å²) in [6.45, 7) is 1.83. The third kappa shape index (κ3) is 5.83. The Labute approximate surface area is 177 Å². The van der Waals surface area contributed by atoms with Crippen LogP contribution in [0.3, 0.4) is 0 Å². The van der Waals surface area contributed by atoms with Crippen LogP contribution in [0.1, 0.15) is 21.5 Å². The number of benzene rings is 3. The second-order valence-electron chi connectivity index (χ2n) is 6.69. The Hall–Kier alpha value is -4.33. The lowest BCUT2D eigenvalue weighted by Crippen LogP contribution is -2.30. The van der Waals surface area contributed by atoms with Crippen molar-refractivity contribution < 1.29 is 18.9 Å². The van der Waals surface area contributed by atoms with Crippen LogP contribution in [0.4, 0.5) is 15.8 Å². The summed E-state index contributed by atoms with van der Waals surface area (Å²) < 4.78 is 13.4. The summed E-state index contributed by atoms with van der Waals surface area (Å²) in [6.07, 6.45) is 1.38. The van der Waals surface area contributed by atoms with Gasteiger partial charge in [-0.2, -0.15) is 0 Å². The molecule has 0 atom stereocenters. The van der Waals surface area contributed by atoms with Crippen molar-refractivity contribution in [2.75, 3.05) is 5.32 Å². The molecule has 0 fully saturated rings. The van der Waals surface area contributed by atoms with Gasteiger partial charge in [0.05, 0.1) is 4.92 Å². The SMILES string of the molecule is Cc1cccc(C(=O)N/C(=C\c2ccc([N+](=O)[O-])cc2)C(=O)Nc2cccc(F)c2)c1. The number of carbonyl (C=O) groups is 2. The first-order valence-corrected chi connectivity index (χ1v) is 9.23. The number of nitrogens with zero attached hydrogens (tertiary/aromatic N) is 1. The third-order valence-corrected chi connectivity index (χ3v) is 4.27.